The maximum atomic E-state index is 13.3. The molecule has 0 saturated heterocycles. The minimum absolute atomic E-state index is 0.0373. The number of carbonyl (C=O) groups excluding carboxylic acids is 1. The van der Waals surface area contributed by atoms with E-state index >= 15 is 0 Å². The SMILES string of the molecule is Cc1ccnc(NS(=O)(=O)c2ccc(NC(=O)C34CC5CCC(CC(C5)C3)C4)cc2)n1. The largest absolute Gasteiger partial charge is 0.326 e. The quantitative estimate of drug-likeness (QED) is 0.728. The number of benzene rings is 1. The summed E-state index contributed by atoms with van der Waals surface area (Å²) in [5.41, 5.74) is 1.05. The van der Waals surface area contributed by atoms with Crippen molar-refractivity contribution in [3.05, 3.63) is 42.2 Å². The second-order valence-electron chi connectivity index (χ2n) is 9.65. The van der Waals surface area contributed by atoms with Crippen LogP contribution in [0.2, 0.25) is 0 Å². The van der Waals surface area contributed by atoms with Gasteiger partial charge in [0.05, 0.1) is 10.3 Å². The lowest BCUT2D eigenvalue weighted by Crippen LogP contribution is -2.46. The molecule has 4 aliphatic rings. The van der Waals surface area contributed by atoms with Crippen molar-refractivity contribution in [1.29, 1.82) is 0 Å². The second-order valence-corrected chi connectivity index (χ2v) is 11.3. The lowest BCUT2D eigenvalue weighted by molar-refractivity contribution is -0.132. The molecule has 4 saturated carbocycles. The number of fused-ring (bicyclic) bond motifs is 1. The molecular formula is C23H28N4O3S. The Morgan fingerprint density at radius 2 is 1.65 bits per heavy atom. The summed E-state index contributed by atoms with van der Waals surface area (Å²) in [4.78, 5) is 21.4. The van der Waals surface area contributed by atoms with Gasteiger partial charge >= 0.3 is 0 Å². The maximum absolute atomic E-state index is 13.3. The van der Waals surface area contributed by atoms with E-state index in [-0.39, 0.29) is 22.2 Å². The Labute approximate surface area is 183 Å². The molecule has 4 bridgehead atoms. The molecule has 7 nitrogen and oxygen atoms in total. The summed E-state index contributed by atoms with van der Waals surface area (Å²) in [7, 11) is -3.80. The number of hydrogen-bond acceptors (Lipinski definition) is 5. The van der Waals surface area contributed by atoms with Gasteiger partial charge in [-0.25, -0.2) is 23.1 Å². The minimum Gasteiger partial charge on any atom is -0.326 e. The van der Waals surface area contributed by atoms with Gasteiger partial charge in [0.1, 0.15) is 0 Å². The summed E-state index contributed by atoms with van der Waals surface area (Å²) in [6.45, 7) is 1.77. The van der Waals surface area contributed by atoms with Crippen molar-refractivity contribution >= 4 is 27.6 Å². The summed E-state index contributed by atoms with van der Waals surface area (Å²) in [5.74, 6) is 2.19. The van der Waals surface area contributed by atoms with E-state index in [9.17, 15) is 13.2 Å². The highest BCUT2D eigenvalue weighted by Crippen LogP contribution is 2.58. The average Bonchev–Trinajstić information content (AvgIpc) is 2.93. The standard InChI is InChI=1S/C23H28N4O3S/c1-15-8-9-24-22(25-15)27-31(29,30)20-6-4-19(5-7-20)26-21(28)23-12-16-2-3-17(13-23)11-18(10-16)14-23/h4-9,16-18H,2-3,10-14H2,1H3,(H,26,28)(H,24,25,27). The van der Waals surface area contributed by atoms with E-state index in [1.165, 1.54) is 44.0 Å². The van der Waals surface area contributed by atoms with Gasteiger partial charge in [0, 0.05) is 17.6 Å². The number of aryl methyl sites for hydroxylation is 1. The molecule has 1 aromatic heterocycles. The van der Waals surface area contributed by atoms with E-state index in [1.807, 2.05) is 0 Å². The van der Waals surface area contributed by atoms with E-state index < -0.39 is 10.0 Å². The minimum atomic E-state index is -3.80. The van der Waals surface area contributed by atoms with Gasteiger partial charge in [-0.05, 0) is 87.1 Å². The van der Waals surface area contributed by atoms with Gasteiger partial charge in [0.15, 0.2) is 0 Å². The summed E-state index contributed by atoms with van der Waals surface area (Å²) in [6.07, 6.45) is 9.61. The fourth-order valence-electron chi connectivity index (χ4n) is 6.13. The number of rotatable bonds is 5. The molecule has 2 aromatic rings. The molecule has 8 heteroatoms. The first-order chi connectivity index (χ1) is 14.8. The molecule has 1 aromatic carbocycles. The average molecular weight is 441 g/mol. The molecule has 1 heterocycles. The molecule has 31 heavy (non-hydrogen) atoms. The van der Waals surface area contributed by atoms with Crippen molar-refractivity contribution in [2.45, 2.75) is 56.8 Å². The number of anilines is 2. The third-order valence-corrected chi connectivity index (χ3v) is 8.62. The summed E-state index contributed by atoms with van der Waals surface area (Å²) < 4.78 is 27.7. The van der Waals surface area contributed by atoms with Gasteiger partial charge in [-0.1, -0.05) is 12.8 Å². The first-order valence-corrected chi connectivity index (χ1v) is 12.5. The monoisotopic (exact) mass is 440 g/mol. The number of carbonyl (C=O) groups is 1. The van der Waals surface area contributed by atoms with Gasteiger partial charge in [-0.15, -0.1) is 0 Å². The van der Waals surface area contributed by atoms with Crippen LogP contribution in [-0.2, 0) is 14.8 Å². The lowest BCUT2D eigenvalue weighted by Gasteiger charge is -2.47. The highest BCUT2D eigenvalue weighted by atomic mass is 32.2. The van der Waals surface area contributed by atoms with Crippen LogP contribution < -0.4 is 10.0 Å². The smallest absolute Gasteiger partial charge is 0.264 e. The van der Waals surface area contributed by atoms with Gasteiger partial charge in [0.25, 0.3) is 10.0 Å². The highest BCUT2D eigenvalue weighted by molar-refractivity contribution is 7.92. The van der Waals surface area contributed by atoms with E-state index in [0.717, 1.165) is 19.3 Å². The van der Waals surface area contributed by atoms with Crippen molar-refractivity contribution < 1.29 is 13.2 Å². The number of nitrogens with one attached hydrogen (secondary N) is 2. The van der Waals surface area contributed by atoms with Gasteiger partial charge in [-0.2, -0.15) is 0 Å². The van der Waals surface area contributed by atoms with Crippen LogP contribution in [0.15, 0.2) is 41.4 Å². The molecule has 1 amide bonds. The molecule has 0 spiro atoms. The van der Waals surface area contributed by atoms with E-state index in [1.54, 1.807) is 25.1 Å². The third-order valence-electron chi connectivity index (χ3n) is 7.28. The van der Waals surface area contributed by atoms with Crippen LogP contribution in [0.4, 0.5) is 11.6 Å². The predicted molar refractivity (Wildman–Crippen MR) is 118 cm³/mol. The molecule has 4 aliphatic carbocycles. The molecule has 0 radical (unpaired) electrons. The maximum Gasteiger partial charge on any atom is 0.264 e. The number of aromatic nitrogens is 2. The number of hydrogen-bond donors (Lipinski definition) is 2. The summed E-state index contributed by atoms with van der Waals surface area (Å²) in [6, 6.07) is 8.00. The fraction of sp³-hybridized carbons (Fsp3) is 0.522. The topological polar surface area (TPSA) is 101 Å². The molecule has 2 atom stereocenters. The Bertz CT molecular complexity index is 1080. The van der Waals surface area contributed by atoms with Crippen LogP contribution in [0.1, 0.15) is 50.6 Å². The van der Waals surface area contributed by atoms with Crippen LogP contribution in [0, 0.1) is 30.1 Å². The Morgan fingerprint density at radius 3 is 2.29 bits per heavy atom. The van der Waals surface area contributed by atoms with Crippen molar-refractivity contribution in [2.75, 3.05) is 10.0 Å². The zero-order valence-electron chi connectivity index (χ0n) is 17.7. The van der Waals surface area contributed by atoms with E-state index in [2.05, 4.69) is 20.0 Å². The zero-order chi connectivity index (χ0) is 21.6. The van der Waals surface area contributed by atoms with E-state index in [0.29, 0.717) is 29.1 Å². The predicted octanol–water partition coefficient (Wildman–Crippen LogP) is 4.13. The fourth-order valence-corrected chi connectivity index (χ4v) is 7.08. The molecule has 0 aliphatic heterocycles. The van der Waals surface area contributed by atoms with E-state index in [4.69, 9.17) is 0 Å². The van der Waals surface area contributed by atoms with Crippen molar-refractivity contribution in [3.63, 3.8) is 0 Å². The summed E-state index contributed by atoms with van der Waals surface area (Å²) in [5, 5.41) is 3.08. The molecule has 4 fully saturated rings. The molecule has 6 rings (SSSR count). The van der Waals surface area contributed by atoms with Crippen LogP contribution in [0.25, 0.3) is 0 Å². The van der Waals surface area contributed by atoms with Gasteiger partial charge in [0.2, 0.25) is 11.9 Å². The zero-order valence-corrected chi connectivity index (χ0v) is 18.5. The second kappa shape index (κ2) is 7.58. The number of nitrogens with zero attached hydrogens (tertiary/aromatic N) is 2. The normalized spacial score (nSPS) is 29.4. The Kier molecular flexibility index (Phi) is 5.00. The Hall–Kier alpha value is -2.48. The Morgan fingerprint density at radius 1 is 1.00 bits per heavy atom. The van der Waals surface area contributed by atoms with Crippen molar-refractivity contribution in [3.8, 4) is 0 Å². The molecule has 2 N–H and O–H groups in total. The summed E-state index contributed by atoms with van der Waals surface area (Å²) >= 11 is 0. The van der Waals surface area contributed by atoms with Crippen molar-refractivity contribution in [2.24, 2.45) is 23.2 Å². The third kappa shape index (κ3) is 4.05. The molecule has 164 valence electrons. The molecule has 2 unspecified atom stereocenters. The van der Waals surface area contributed by atoms with Crippen LogP contribution >= 0.6 is 0 Å². The first kappa shape index (κ1) is 20.4. The van der Waals surface area contributed by atoms with Crippen molar-refractivity contribution in [1.82, 2.24) is 9.97 Å². The van der Waals surface area contributed by atoms with Crippen LogP contribution in [-0.4, -0.2) is 24.3 Å². The number of sulfonamides is 1. The Balaban J connectivity index is 1.30. The van der Waals surface area contributed by atoms with Gasteiger partial charge < -0.3 is 5.32 Å². The van der Waals surface area contributed by atoms with Crippen LogP contribution in [0.3, 0.4) is 0 Å². The van der Waals surface area contributed by atoms with Gasteiger partial charge in [-0.3, -0.25) is 4.79 Å². The number of amides is 1. The first-order valence-electron chi connectivity index (χ1n) is 11.1. The van der Waals surface area contributed by atoms with Crippen LogP contribution in [0.5, 0.6) is 0 Å². The highest BCUT2D eigenvalue weighted by Gasteiger charge is 2.52. The lowest BCUT2D eigenvalue weighted by atomic mass is 9.58. The molecular weight excluding hydrogens is 412 g/mol.